The van der Waals surface area contributed by atoms with E-state index in [-0.39, 0.29) is 10.7 Å². The largest absolute Gasteiger partial charge is 0.454 e. The fraction of sp³-hybridized carbons (Fsp3) is 0.368. The van der Waals surface area contributed by atoms with Crippen LogP contribution < -0.4 is 5.32 Å². The Balaban J connectivity index is 1.56. The van der Waals surface area contributed by atoms with Crippen molar-refractivity contribution in [2.45, 2.75) is 25.8 Å². The quantitative estimate of drug-likeness (QED) is 0.458. The van der Waals surface area contributed by atoms with Crippen LogP contribution in [0, 0.1) is 17.7 Å². The number of anilines is 1. The maximum absolute atomic E-state index is 13.7. The van der Waals surface area contributed by atoms with Gasteiger partial charge in [0.15, 0.2) is 6.61 Å². The van der Waals surface area contributed by atoms with Gasteiger partial charge in [0.2, 0.25) is 11.8 Å². The average molecular weight is 409 g/mol. The lowest BCUT2D eigenvalue weighted by Gasteiger charge is -2.21. The van der Waals surface area contributed by atoms with E-state index in [1.165, 1.54) is 19.1 Å². The Morgan fingerprint density at radius 1 is 1.25 bits per heavy atom. The SMILES string of the molecule is C[C@@H](C(=O)OCC(=O)Nc1ccc(Cl)cc1F)N1C(=O)[C@H]2CC=CC[C@H]2C1=O. The molecule has 0 radical (unpaired) electrons. The number of hydrogen-bond donors (Lipinski definition) is 1. The number of carbonyl (C=O) groups is 4. The lowest BCUT2D eigenvalue weighted by molar-refractivity contribution is -0.159. The van der Waals surface area contributed by atoms with Crippen molar-refractivity contribution >= 4 is 41.0 Å². The summed E-state index contributed by atoms with van der Waals surface area (Å²) in [6.07, 6.45) is 4.61. The van der Waals surface area contributed by atoms with Crippen molar-refractivity contribution < 1.29 is 28.3 Å². The second-order valence-corrected chi connectivity index (χ2v) is 7.09. The predicted octanol–water partition coefficient (Wildman–Crippen LogP) is 2.30. The van der Waals surface area contributed by atoms with Crippen LogP contribution in [0.4, 0.5) is 10.1 Å². The van der Waals surface area contributed by atoms with E-state index in [0.717, 1.165) is 11.0 Å². The van der Waals surface area contributed by atoms with E-state index in [9.17, 15) is 23.6 Å². The molecule has 7 nitrogen and oxygen atoms in total. The van der Waals surface area contributed by atoms with E-state index in [1.54, 1.807) is 0 Å². The molecule has 1 heterocycles. The number of carbonyl (C=O) groups excluding carboxylic acids is 4. The number of ether oxygens (including phenoxy) is 1. The molecule has 0 saturated carbocycles. The smallest absolute Gasteiger partial charge is 0.329 e. The van der Waals surface area contributed by atoms with Crippen molar-refractivity contribution in [1.82, 2.24) is 4.90 Å². The Bertz CT molecular complexity index is 846. The molecule has 3 amide bonds. The van der Waals surface area contributed by atoms with Crippen molar-refractivity contribution in [2.24, 2.45) is 11.8 Å². The molecule has 0 unspecified atom stereocenters. The Labute approximate surface area is 165 Å². The Morgan fingerprint density at radius 3 is 2.43 bits per heavy atom. The number of fused-ring (bicyclic) bond motifs is 1. The minimum absolute atomic E-state index is 0.111. The Morgan fingerprint density at radius 2 is 1.86 bits per heavy atom. The number of hydrogen-bond acceptors (Lipinski definition) is 5. The first kappa shape index (κ1) is 20.0. The van der Waals surface area contributed by atoms with Crippen molar-refractivity contribution in [3.05, 3.63) is 41.2 Å². The average Bonchev–Trinajstić information content (AvgIpc) is 2.92. The van der Waals surface area contributed by atoms with Crippen molar-refractivity contribution in [1.29, 1.82) is 0 Å². The molecule has 1 aromatic rings. The van der Waals surface area contributed by atoms with Gasteiger partial charge in [-0.25, -0.2) is 9.18 Å². The number of nitrogens with zero attached hydrogens (tertiary/aromatic N) is 1. The van der Waals surface area contributed by atoms with Crippen LogP contribution in [0.15, 0.2) is 30.4 Å². The molecular formula is C19H18ClFN2O5. The van der Waals surface area contributed by atoms with Crippen LogP contribution in [0.25, 0.3) is 0 Å². The molecule has 1 saturated heterocycles. The minimum Gasteiger partial charge on any atom is -0.454 e. The zero-order valence-electron chi connectivity index (χ0n) is 15.0. The van der Waals surface area contributed by atoms with Gasteiger partial charge in [-0.3, -0.25) is 19.3 Å². The summed E-state index contributed by atoms with van der Waals surface area (Å²) in [5.74, 6) is -4.11. The highest BCUT2D eigenvalue weighted by molar-refractivity contribution is 6.30. The number of likely N-dealkylation sites (tertiary alicyclic amines) is 1. The molecular weight excluding hydrogens is 391 g/mol. The molecule has 0 aromatic heterocycles. The summed E-state index contributed by atoms with van der Waals surface area (Å²) in [4.78, 5) is 50.0. The van der Waals surface area contributed by atoms with Crippen LogP contribution in [0.5, 0.6) is 0 Å². The van der Waals surface area contributed by atoms with Crippen LogP contribution in [0.1, 0.15) is 19.8 Å². The Hall–Kier alpha value is -2.74. The molecule has 1 aromatic carbocycles. The lowest BCUT2D eigenvalue weighted by Crippen LogP contribution is -2.45. The van der Waals surface area contributed by atoms with Gasteiger partial charge in [0.05, 0.1) is 17.5 Å². The summed E-state index contributed by atoms with van der Waals surface area (Å²) >= 11 is 5.64. The highest BCUT2D eigenvalue weighted by Gasteiger charge is 2.50. The summed E-state index contributed by atoms with van der Waals surface area (Å²) in [5, 5.41) is 2.43. The van der Waals surface area contributed by atoms with Gasteiger partial charge in [-0.1, -0.05) is 23.8 Å². The zero-order valence-corrected chi connectivity index (χ0v) is 15.7. The highest BCUT2D eigenvalue weighted by Crippen LogP contribution is 2.36. The third-order valence-electron chi connectivity index (χ3n) is 4.82. The summed E-state index contributed by atoms with van der Waals surface area (Å²) < 4.78 is 18.6. The molecule has 3 rings (SSSR count). The lowest BCUT2D eigenvalue weighted by atomic mass is 9.85. The standard InChI is InChI=1S/C19H18ClFN2O5/c1-10(23-17(25)12-4-2-3-5-13(12)18(23)26)19(27)28-9-16(24)22-15-7-6-11(20)8-14(15)21/h2-3,6-8,10,12-13H,4-5,9H2,1H3,(H,22,24)/t10-,12-,13+/m0/s1. The van der Waals surface area contributed by atoms with Gasteiger partial charge in [0.1, 0.15) is 11.9 Å². The molecule has 3 atom stereocenters. The number of nitrogens with one attached hydrogen (secondary N) is 1. The molecule has 148 valence electrons. The number of halogens is 2. The number of allylic oxidation sites excluding steroid dienone is 2. The molecule has 1 N–H and O–H groups in total. The monoisotopic (exact) mass is 408 g/mol. The van der Waals surface area contributed by atoms with Gasteiger partial charge in [-0.15, -0.1) is 0 Å². The topological polar surface area (TPSA) is 92.8 Å². The first-order valence-electron chi connectivity index (χ1n) is 8.73. The highest BCUT2D eigenvalue weighted by atomic mass is 35.5. The first-order valence-corrected chi connectivity index (χ1v) is 9.11. The summed E-state index contributed by atoms with van der Waals surface area (Å²) in [6.45, 7) is 0.690. The summed E-state index contributed by atoms with van der Waals surface area (Å²) in [7, 11) is 0. The predicted molar refractivity (Wildman–Crippen MR) is 97.7 cm³/mol. The molecule has 1 aliphatic carbocycles. The zero-order chi connectivity index (χ0) is 20.4. The fourth-order valence-electron chi connectivity index (χ4n) is 3.35. The van der Waals surface area contributed by atoms with Gasteiger partial charge in [-0.05, 0) is 38.0 Å². The van der Waals surface area contributed by atoms with Crippen LogP contribution >= 0.6 is 11.6 Å². The molecule has 2 aliphatic rings. The second-order valence-electron chi connectivity index (χ2n) is 6.66. The summed E-state index contributed by atoms with van der Waals surface area (Å²) in [6, 6.07) is 2.56. The van der Waals surface area contributed by atoms with Gasteiger partial charge in [0.25, 0.3) is 5.91 Å². The normalized spacial score (nSPS) is 22.0. The van der Waals surface area contributed by atoms with Gasteiger partial charge < -0.3 is 10.1 Å². The van der Waals surface area contributed by atoms with E-state index >= 15 is 0 Å². The number of rotatable bonds is 5. The van der Waals surface area contributed by atoms with E-state index in [0.29, 0.717) is 12.8 Å². The molecule has 0 bridgehead atoms. The molecule has 1 aliphatic heterocycles. The first-order chi connectivity index (χ1) is 13.3. The van der Waals surface area contributed by atoms with E-state index < -0.39 is 54.0 Å². The maximum atomic E-state index is 13.7. The fourth-order valence-corrected chi connectivity index (χ4v) is 3.51. The van der Waals surface area contributed by atoms with E-state index in [2.05, 4.69) is 5.32 Å². The second kappa shape index (κ2) is 8.10. The van der Waals surface area contributed by atoms with Crippen molar-refractivity contribution in [3.8, 4) is 0 Å². The minimum atomic E-state index is -1.15. The third kappa shape index (κ3) is 3.91. The Kier molecular flexibility index (Phi) is 5.79. The van der Waals surface area contributed by atoms with Crippen molar-refractivity contribution in [3.63, 3.8) is 0 Å². The molecule has 9 heteroatoms. The van der Waals surface area contributed by atoms with Crippen LogP contribution in [0.2, 0.25) is 5.02 Å². The van der Waals surface area contributed by atoms with Gasteiger partial charge in [0, 0.05) is 5.02 Å². The number of imide groups is 1. The van der Waals surface area contributed by atoms with Gasteiger partial charge in [-0.2, -0.15) is 0 Å². The van der Waals surface area contributed by atoms with Crippen LogP contribution in [0.3, 0.4) is 0 Å². The third-order valence-corrected chi connectivity index (χ3v) is 5.06. The van der Waals surface area contributed by atoms with E-state index in [4.69, 9.17) is 16.3 Å². The number of benzene rings is 1. The number of esters is 1. The maximum Gasteiger partial charge on any atom is 0.329 e. The number of amides is 3. The molecule has 28 heavy (non-hydrogen) atoms. The van der Waals surface area contributed by atoms with Crippen LogP contribution in [-0.2, 0) is 23.9 Å². The molecule has 0 spiro atoms. The van der Waals surface area contributed by atoms with Crippen molar-refractivity contribution in [2.75, 3.05) is 11.9 Å². The molecule has 1 fully saturated rings. The van der Waals surface area contributed by atoms with E-state index in [1.807, 2.05) is 12.2 Å². The van der Waals surface area contributed by atoms with Gasteiger partial charge >= 0.3 is 5.97 Å². The van der Waals surface area contributed by atoms with Crippen LogP contribution in [-0.4, -0.2) is 41.2 Å². The summed E-state index contributed by atoms with van der Waals surface area (Å²) in [5.41, 5.74) is -0.111.